The highest BCUT2D eigenvalue weighted by molar-refractivity contribution is 5.91. The van der Waals surface area contributed by atoms with Gasteiger partial charge in [-0.3, -0.25) is 9.59 Å². The number of hydrogen-bond donors (Lipinski definition) is 1. The van der Waals surface area contributed by atoms with E-state index in [0.717, 1.165) is 36.4 Å². The van der Waals surface area contributed by atoms with Crippen LogP contribution in [-0.2, 0) is 20.9 Å². The lowest BCUT2D eigenvalue weighted by Gasteiger charge is -2.27. The Labute approximate surface area is 162 Å². The third-order valence-electron chi connectivity index (χ3n) is 4.69. The van der Waals surface area contributed by atoms with Gasteiger partial charge in [0.1, 0.15) is 0 Å². The molecule has 0 bridgehead atoms. The van der Waals surface area contributed by atoms with E-state index >= 15 is 0 Å². The van der Waals surface area contributed by atoms with Gasteiger partial charge in [0.2, 0.25) is 11.8 Å². The van der Waals surface area contributed by atoms with Crippen LogP contribution in [0.3, 0.4) is 0 Å². The molecule has 1 N–H and O–H groups in total. The summed E-state index contributed by atoms with van der Waals surface area (Å²) in [6, 6.07) is 5.87. The molecule has 6 heteroatoms. The number of nitrogens with zero attached hydrogens (tertiary/aromatic N) is 2. The summed E-state index contributed by atoms with van der Waals surface area (Å²) in [5.74, 6) is 0.353. The summed E-state index contributed by atoms with van der Waals surface area (Å²) in [5.41, 5.74) is 2.81. The molecule has 0 aromatic heterocycles. The molecule has 1 heterocycles. The molecule has 0 radical (unpaired) electrons. The van der Waals surface area contributed by atoms with Crippen LogP contribution in [0.2, 0.25) is 0 Å². The molecule has 27 heavy (non-hydrogen) atoms. The van der Waals surface area contributed by atoms with Crippen molar-refractivity contribution >= 4 is 23.2 Å². The average molecular weight is 376 g/mol. The van der Waals surface area contributed by atoms with E-state index in [4.69, 9.17) is 4.74 Å². The van der Waals surface area contributed by atoms with Gasteiger partial charge in [0.05, 0.1) is 6.10 Å². The smallest absolute Gasteiger partial charge is 0.224 e. The molecule has 1 saturated heterocycles. The minimum Gasteiger partial charge on any atom is -0.377 e. The predicted molar refractivity (Wildman–Crippen MR) is 109 cm³/mol. The maximum absolute atomic E-state index is 12.2. The molecule has 1 aliphatic heterocycles. The number of rotatable bonds is 8. The number of anilines is 2. The molecule has 150 valence electrons. The standard InChI is InChI=1S/C21H33N3O3/c1-15(2)11-21(26)22-18-8-9-20(23(4)5)17(12-18)13-24(16(3)25)14-19-7-6-10-27-19/h8-9,12,15,19H,6-7,10-11,13-14H2,1-5H3,(H,22,26)/t19-/m0/s1. The van der Waals surface area contributed by atoms with Crippen molar-refractivity contribution in [1.82, 2.24) is 4.90 Å². The van der Waals surface area contributed by atoms with Crippen LogP contribution in [0.25, 0.3) is 0 Å². The van der Waals surface area contributed by atoms with Crippen molar-refractivity contribution in [3.63, 3.8) is 0 Å². The number of hydrogen-bond acceptors (Lipinski definition) is 4. The van der Waals surface area contributed by atoms with E-state index in [9.17, 15) is 9.59 Å². The quantitative estimate of drug-likeness (QED) is 0.758. The van der Waals surface area contributed by atoms with Gasteiger partial charge >= 0.3 is 0 Å². The number of amides is 2. The van der Waals surface area contributed by atoms with E-state index in [1.165, 1.54) is 0 Å². The molecule has 1 atom stereocenters. The van der Waals surface area contributed by atoms with E-state index < -0.39 is 0 Å². The van der Waals surface area contributed by atoms with E-state index in [1.807, 2.05) is 55.9 Å². The Kier molecular flexibility index (Phi) is 7.66. The molecule has 1 aromatic carbocycles. The van der Waals surface area contributed by atoms with Crippen LogP contribution < -0.4 is 10.2 Å². The Bertz CT molecular complexity index is 652. The van der Waals surface area contributed by atoms with Crippen LogP contribution in [0.1, 0.15) is 45.6 Å². The zero-order valence-corrected chi connectivity index (χ0v) is 17.2. The molecule has 2 amide bonds. The minimum atomic E-state index is 0.0105. The number of carbonyl (C=O) groups is 2. The first kappa shape index (κ1) is 21.2. The van der Waals surface area contributed by atoms with Crippen molar-refractivity contribution in [2.45, 2.75) is 52.7 Å². The first-order valence-corrected chi connectivity index (χ1v) is 9.73. The summed E-state index contributed by atoms with van der Waals surface area (Å²) in [6.45, 7) is 7.52. The van der Waals surface area contributed by atoms with Gasteiger partial charge in [-0.2, -0.15) is 0 Å². The first-order chi connectivity index (χ1) is 12.8. The minimum absolute atomic E-state index is 0.0105. The van der Waals surface area contributed by atoms with Gasteiger partial charge < -0.3 is 19.9 Å². The van der Waals surface area contributed by atoms with Gasteiger partial charge in [-0.05, 0) is 42.5 Å². The van der Waals surface area contributed by atoms with Crippen LogP contribution in [0.5, 0.6) is 0 Å². The highest BCUT2D eigenvalue weighted by Crippen LogP contribution is 2.25. The number of ether oxygens (including phenoxy) is 1. The highest BCUT2D eigenvalue weighted by Gasteiger charge is 2.22. The molecule has 0 unspecified atom stereocenters. The molecular weight excluding hydrogens is 342 g/mol. The Morgan fingerprint density at radius 1 is 1.30 bits per heavy atom. The van der Waals surface area contributed by atoms with E-state index in [2.05, 4.69) is 5.32 Å². The van der Waals surface area contributed by atoms with Gasteiger partial charge in [-0.15, -0.1) is 0 Å². The molecule has 0 spiro atoms. The summed E-state index contributed by atoms with van der Waals surface area (Å²) < 4.78 is 5.70. The average Bonchev–Trinajstić information content (AvgIpc) is 3.06. The second-order valence-corrected chi connectivity index (χ2v) is 7.92. The third-order valence-corrected chi connectivity index (χ3v) is 4.69. The first-order valence-electron chi connectivity index (χ1n) is 9.73. The SMILES string of the molecule is CC(=O)N(Cc1cc(NC(=O)CC(C)C)ccc1N(C)C)C[C@@H]1CCCO1. The van der Waals surface area contributed by atoms with Crippen molar-refractivity contribution in [2.75, 3.05) is 37.5 Å². The topological polar surface area (TPSA) is 61.9 Å². The fourth-order valence-electron chi connectivity index (χ4n) is 3.35. The maximum Gasteiger partial charge on any atom is 0.224 e. The molecular formula is C21H33N3O3. The Morgan fingerprint density at radius 3 is 2.59 bits per heavy atom. The van der Waals surface area contributed by atoms with Crippen LogP contribution in [0.15, 0.2) is 18.2 Å². The van der Waals surface area contributed by atoms with E-state index in [1.54, 1.807) is 6.92 Å². The number of benzene rings is 1. The molecule has 1 aliphatic rings. The van der Waals surface area contributed by atoms with Crippen LogP contribution in [0.4, 0.5) is 11.4 Å². The molecule has 1 aromatic rings. The van der Waals surface area contributed by atoms with Gasteiger partial charge in [-0.1, -0.05) is 13.8 Å². The lowest BCUT2D eigenvalue weighted by Crippen LogP contribution is -2.35. The zero-order valence-electron chi connectivity index (χ0n) is 17.2. The van der Waals surface area contributed by atoms with Crippen LogP contribution in [-0.4, -0.2) is 50.1 Å². The van der Waals surface area contributed by atoms with Gasteiger partial charge in [0, 0.05) is 58.5 Å². The molecule has 0 aliphatic carbocycles. The fraction of sp³-hybridized carbons (Fsp3) is 0.619. The Hall–Kier alpha value is -2.08. The van der Waals surface area contributed by atoms with Gasteiger partial charge in [-0.25, -0.2) is 0 Å². The fourth-order valence-corrected chi connectivity index (χ4v) is 3.35. The van der Waals surface area contributed by atoms with Crippen molar-refractivity contribution in [1.29, 1.82) is 0 Å². The Morgan fingerprint density at radius 2 is 2.04 bits per heavy atom. The molecule has 6 nitrogen and oxygen atoms in total. The van der Waals surface area contributed by atoms with Gasteiger partial charge in [0.15, 0.2) is 0 Å². The second kappa shape index (κ2) is 9.74. The lowest BCUT2D eigenvalue weighted by molar-refractivity contribution is -0.131. The van der Waals surface area contributed by atoms with Crippen molar-refractivity contribution < 1.29 is 14.3 Å². The van der Waals surface area contributed by atoms with E-state index in [-0.39, 0.29) is 17.9 Å². The second-order valence-electron chi connectivity index (χ2n) is 7.92. The monoisotopic (exact) mass is 375 g/mol. The van der Waals surface area contributed by atoms with Crippen molar-refractivity contribution in [3.05, 3.63) is 23.8 Å². The third kappa shape index (κ3) is 6.54. The Balaban J connectivity index is 2.18. The van der Waals surface area contributed by atoms with E-state index in [0.29, 0.717) is 25.4 Å². The number of carbonyl (C=O) groups excluding carboxylic acids is 2. The molecule has 0 saturated carbocycles. The molecule has 2 rings (SSSR count). The summed E-state index contributed by atoms with van der Waals surface area (Å²) in [4.78, 5) is 28.2. The van der Waals surface area contributed by atoms with Crippen molar-refractivity contribution in [3.8, 4) is 0 Å². The summed E-state index contributed by atoms with van der Waals surface area (Å²) >= 11 is 0. The normalized spacial score (nSPS) is 16.4. The van der Waals surface area contributed by atoms with Crippen LogP contribution >= 0.6 is 0 Å². The summed E-state index contributed by atoms with van der Waals surface area (Å²) in [5, 5.41) is 2.97. The number of nitrogens with one attached hydrogen (secondary N) is 1. The lowest BCUT2D eigenvalue weighted by atomic mass is 10.1. The predicted octanol–water partition coefficient (Wildman–Crippen LogP) is 3.26. The maximum atomic E-state index is 12.2. The van der Waals surface area contributed by atoms with Crippen molar-refractivity contribution in [2.24, 2.45) is 5.92 Å². The molecule has 1 fully saturated rings. The van der Waals surface area contributed by atoms with Gasteiger partial charge in [0.25, 0.3) is 0 Å². The largest absolute Gasteiger partial charge is 0.377 e. The highest BCUT2D eigenvalue weighted by atomic mass is 16.5. The summed E-state index contributed by atoms with van der Waals surface area (Å²) in [6.07, 6.45) is 2.65. The summed E-state index contributed by atoms with van der Waals surface area (Å²) in [7, 11) is 3.96. The zero-order chi connectivity index (χ0) is 20.0. The van der Waals surface area contributed by atoms with Crippen LogP contribution in [0, 0.1) is 5.92 Å².